The predicted octanol–water partition coefficient (Wildman–Crippen LogP) is 2.18. The average Bonchev–Trinajstić information content (AvgIpc) is 2.49. The van der Waals surface area contributed by atoms with E-state index in [1.54, 1.807) is 12.1 Å². The SMILES string of the molecule is COc1cc(N)c(NC(=O)CC2CCCCO2)cc1OC. The Morgan fingerprint density at radius 3 is 2.67 bits per heavy atom. The zero-order valence-corrected chi connectivity index (χ0v) is 12.5. The molecular formula is C15H22N2O4. The Morgan fingerprint density at radius 2 is 2.05 bits per heavy atom. The molecule has 1 amide bonds. The van der Waals surface area contributed by atoms with E-state index in [4.69, 9.17) is 19.9 Å². The highest BCUT2D eigenvalue weighted by atomic mass is 16.5. The highest BCUT2D eigenvalue weighted by Crippen LogP contribution is 2.34. The molecule has 116 valence electrons. The van der Waals surface area contributed by atoms with E-state index >= 15 is 0 Å². The highest BCUT2D eigenvalue weighted by molar-refractivity contribution is 5.94. The third-order valence-electron chi connectivity index (χ3n) is 3.52. The van der Waals surface area contributed by atoms with Gasteiger partial charge in [0.25, 0.3) is 0 Å². The van der Waals surface area contributed by atoms with Crippen molar-refractivity contribution in [2.75, 3.05) is 31.9 Å². The highest BCUT2D eigenvalue weighted by Gasteiger charge is 2.19. The lowest BCUT2D eigenvalue weighted by molar-refractivity contribution is -0.119. The van der Waals surface area contributed by atoms with Gasteiger partial charge in [0.1, 0.15) is 0 Å². The Labute approximate surface area is 124 Å². The Morgan fingerprint density at radius 1 is 1.33 bits per heavy atom. The Balaban J connectivity index is 2.02. The van der Waals surface area contributed by atoms with Crippen LogP contribution in [0.2, 0.25) is 0 Å². The van der Waals surface area contributed by atoms with E-state index in [1.807, 2.05) is 0 Å². The molecule has 1 unspecified atom stereocenters. The van der Waals surface area contributed by atoms with E-state index < -0.39 is 0 Å². The zero-order valence-electron chi connectivity index (χ0n) is 12.5. The summed E-state index contributed by atoms with van der Waals surface area (Å²) >= 11 is 0. The molecule has 1 aliphatic rings. The second-order valence-corrected chi connectivity index (χ2v) is 5.04. The maximum absolute atomic E-state index is 12.1. The number of hydrogen-bond donors (Lipinski definition) is 2. The van der Waals surface area contributed by atoms with Crippen molar-refractivity contribution in [1.82, 2.24) is 0 Å². The maximum atomic E-state index is 12.1. The normalized spacial score (nSPS) is 18.1. The van der Waals surface area contributed by atoms with Crippen molar-refractivity contribution in [1.29, 1.82) is 0 Å². The zero-order chi connectivity index (χ0) is 15.2. The van der Waals surface area contributed by atoms with Gasteiger partial charge in [-0.25, -0.2) is 0 Å². The van der Waals surface area contributed by atoms with E-state index in [9.17, 15) is 4.79 Å². The summed E-state index contributed by atoms with van der Waals surface area (Å²) in [4.78, 5) is 12.1. The third-order valence-corrected chi connectivity index (χ3v) is 3.52. The van der Waals surface area contributed by atoms with Gasteiger partial charge in [-0.3, -0.25) is 4.79 Å². The first-order valence-electron chi connectivity index (χ1n) is 7.07. The van der Waals surface area contributed by atoms with Crippen LogP contribution in [0.4, 0.5) is 11.4 Å². The molecule has 0 spiro atoms. The smallest absolute Gasteiger partial charge is 0.227 e. The number of nitrogens with two attached hydrogens (primary N) is 1. The third kappa shape index (κ3) is 4.01. The van der Waals surface area contributed by atoms with Crippen LogP contribution in [0.15, 0.2) is 12.1 Å². The molecule has 0 bridgehead atoms. The first kappa shape index (κ1) is 15.4. The number of rotatable bonds is 5. The van der Waals surface area contributed by atoms with E-state index in [1.165, 1.54) is 14.2 Å². The van der Waals surface area contributed by atoms with Gasteiger partial charge in [0, 0.05) is 18.7 Å². The summed E-state index contributed by atoms with van der Waals surface area (Å²) in [6.45, 7) is 0.733. The van der Waals surface area contributed by atoms with Gasteiger partial charge in [-0.15, -0.1) is 0 Å². The molecule has 6 nitrogen and oxygen atoms in total. The van der Waals surface area contributed by atoms with Gasteiger partial charge in [-0.1, -0.05) is 0 Å². The first-order valence-corrected chi connectivity index (χ1v) is 7.07. The molecule has 1 heterocycles. The van der Waals surface area contributed by atoms with Crippen molar-refractivity contribution in [3.63, 3.8) is 0 Å². The number of carbonyl (C=O) groups excluding carboxylic acids is 1. The Kier molecular flexibility index (Phi) is 5.27. The number of benzene rings is 1. The second-order valence-electron chi connectivity index (χ2n) is 5.04. The van der Waals surface area contributed by atoms with Crippen LogP contribution in [-0.4, -0.2) is 32.8 Å². The minimum absolute atomic E-state index is 0.000110. The first-order chi connectivity index (χ1) is 10.1. The lowest BCUT2D eigenvalue weighted by Gasteiger charge is -2.22. The van der Waals surface area contributed by atoms with E-state index in [0.29, 0.717) is 29.3 Å². The monoisotopic (exact) mass is 294 g/mol. The number of nitrogen functional groups attached to an aromatic ring is 1. The average molecular weight is 294 g/mol. The van der Waals surface area contributed by atoms with E-state index in [-0.39, 0.29) is 12.0 Å². The summed E-state index contributed by atoms with van der Waals surface area (Å²) in [5.74, 6) is 0.945. The summed E-state index contributed by atoms with van der Waals surface area (Å²) in [6, 6.07) is 3.29. The van der Waals surface area contributed by atoms with E-state index in [2.05, 4.69) is 5.32 Å². The molecule has 21 heavy (non-hydrogen) atoms. The number of carbonyl (C=O) groups is 1. The van der Waals surface area contributed by atoms with Crippen LogP contribution in [0.3, 0.4) is 0 Å². The standard InChI is InChI=1S/C15H22N2O4/c1-19-13-8-11(16)12(9-14(13)20-2)17-15(18)7-10-5-3-4-6-21-10/h8-10H,3-7,16H2,1-2H3,(H,17,18). The fourth-order valence-corrected chi connectivity index (χ4v) is 2.38. The fraction of sp³-hybridized carbons (Fsp3) is 0.533. The fourth-order valence-electron chi connectivity index (χ4n) is 2.38. The Hall–Kier alpha value is -1.95. The molecule has 0 radical (unpaired) electrons. The summed E-state index contributed by atoms with van der Waals surface area (Å²) < 4.78 is 15.9. The van der Waals surface area contributed by atoms with Crippen molar-refractivity contribution in [3.05, 3.63) is 12.1 Å². The Bertz CT molecular complexity index is 499. The van der Waals surface area contributed by atoms with Gasteiger partial charge >= 0.3 is 0 Å². The minimum Gasteiger partial charge on any atom is -0.493 e. The van der Waals surface area contributed by atoms with Crippen LogP contribution < -0.4 is 20.5 Å². The van der Waals surface area contributed by atoms with Crippen molar-refractivity contribution >= 4 is 17.3 Å². The van der Waals surface area contributed by atoms with Crippen molar-refractivity contribution in [2.45, 2.75) is 31.8 Å². The molecule has 1 fully saturated rings. The summed E-state index contributed by atoms with van der Waals surface area (Å²) in [5.41, 5.74) is 6.88. The second kappa shape index (κ2) is 7.17. The van der Waals surface area contributed by atoms with Crippen molar-refractivity contribution < 1.29 is 19.0 Å². The molecule has 2 rings (SSSR count). The van der Waals surface area contributed by atoms with E-state index in [0.717, 1.165) is 25.9 Å². The van der Waals surface area contributed by atoms with Gasteiger partial charge in [0.15, 0.2) is 11.5 Å². The lowest BCUT2D eigenvalue weighted by Crippen LogP contribution is -2.25. The van der Waals surface area contributed by atoms with Gasteiger partial charge in [-0.05, 0) is 19.3 Å². The van der Waals surface area contributed by atoms with Gasteiger partial charge in [-0.2, -0.15) is 0 Å². The van der Waals surface area contributed by atoms with Gasteiger partial charge in [0.2, 0.25) is 5.91 Å². The molecular weight excluding hydrogens is 272 g/mol. The molecule has 1 aliphatic heterocycles. The largest absolute Gasteiger partial charge is 0.493 e. The number of anilines is 2. The predicted molar refractivity (Wildman–Crippen MR) is 80.8 cm³/mol. The molecule has 1 aromatic rings. The molecule has 1 aromatic carbocycles. The molecule has 3 N–H and O–H groups in total. The number of hydrogen-bond acceptors (Lipinski definition) is 5. The van der Waals surface area contributed by atoms with Crippen LogP contribution in [0.25, 0.3) is 0 Å². The van der Waals surface area contributed by atoms with Crippen molar-refractivity contribution in [2.24, 2.45) is 0 Å². The summed E-state index contributed by atoms with van der Waals surface area (Å²) in [6.07, 6.45) is 3.44. The number of nitrogens with one attached hydrogen (secondary N) is 1. The summed E-state index contributed by atoms with van der Waals surface area (Å²) in [5, 5.41) is 2.80. The minimum atomic E-state index is -0.110. The number of methoxy groups -OCH3 is 2. The van der Waals surface area contributed by atoms with Gasteiger partial charge < -0.3 is 25.3 Å². The lowest BCUT2D eigenvalue weighted by atomic mass is 10.1. The van der Waals surface area contributed by atoms with Crippen LogP contribution in [0.5, 0.6) is 11.5 Å². The molecule has 1 atom stereocenters. The quantitative estimate of drug-likeness (QED) is 0.813. The van der Waals surface area contributed by atoms with Crippen LogP contribution in [0, 0.1) is 0 Å². The number of amides is 1. The van der Waals surface area contributed by atoms with Gasteiger partial charge in [0.05, 0.1) is 38.1 Å². The molecule has 0 saturated carbocycles. The molecule has 6 heteroatoms. The summed E-state index contributed by atoms with van der Waals surface area (Å²) in [7, 11) is 3.07. The molecule has 1 saturated heterocycles. The molecule has 0 aromatic heterocycles. The van der Waals surface area contributed by atoms with Crippen LogP contribution >= 0.6 is 0 Å². The molecule has 0 aliphatic carbocycles. The van der Waals surface area contributed by atoms with Crippen LogP contribution in [-0.2, 0) is 9.53 Å². The number of ether oxygens (including phenoxy) is 3. The van der Waals surface area contributed by atoms with Crippen LogP contribution in [0.1, 0.15) is 25.7 Å². The topological polar surface area (TPSA) is 82.8 Å². The maximum Gasteiger partial charge on any atom is 0.227 e. The van der Waals surface area contributed by atoms with Crippen molar-refractivity contribution in [3.8, 4) is 11.5 Å².